The van der Waals surface area contributed by atoms with E-state index in [1.54, 1.807) is 0 Å². The van der Waals surface area contributed by atoms with Crippen LogP contribution in [0.5, 0.6) is 0 Å². The molecule has 8 aromatic carbocycles. The van der Waals surface area contributed by atoms with Crippen LogP contribution in [0.2, 0.25) is 0 Å². The number of rotatable bonds is 4. The van der Waals surface area contributed by atoms with Crippen molar-refractivity contribution in [3.8, 4) is 34.0 Å². The van der Waals surface area contributed by atoms with Crippen molar-refractivity contribution in [3.63, 3.8) is 0 Å². The lowest BCUT2D eigenvalue weighted by atomic mass is 10.1. The van der Waals surface area contributed by atoms with Gasteiger partial charge in [0, 0.05) is 43.6 Å². The second-order valence-electron chi connectivity index (χ2n) is 14.1. The summed E-state index contributed by atoms with van der Waals surface area (Å²) in [6.07, 6.45) is 0. The lowest BCUT2D eigenvalue weighted by Crippen LogP contribution is -2.04. The third-order valence-electron chi connectivity index (χ3n) is 11.1. The van der Waals surface area contributed by atoms with Gasteiger partial charge in [-0.2, -0.15) is 0 Å². The fraction of sp³-hybridized carbons (Fsp3) is 0. The van der Waals surface area contributed by atoms with Gasteiger partial charge in [0.2, 0.25) is 5.95 Å². The van der Waals surface area contributed by atoms with E-state index in [1.165, 1.54) is 11.1 Å². The zero-order chi connectivity index (χ0) is 36.0. The molecule has 55 heavy (non-hydrogen) atoms. The highest BCUT2D eigenvalue weighted by molar-refractivity contribution is 6.29. The molecule has 0 radical (unpaired) electrons. The molecule has 12 aromatic rings. The summed E-state index contributed by atoms with van der Waals surface area (Å²) in [7, 11) is 0. The van der Waals surface area contributed by atoms with Gasteiger partial charge >= 0.3 is 0 Å². The number of hydrogen-bond donors (Lipinski definition) is 0. The molecule has 4 aromatic heterocycles. The molecule has 0 aliphatic heterocycles. The first kappa shape index (κ1) is 30.0. The summed E-state index contributed by atoms with van der Waals surface area (Å²) < 4.78 is 11.4. The van der Waals surface area contributed by atoms with Crippen LogP contribution in [0.1, 0.15) is 0 Å². The molecular formula is C50H30N4O. The zero-order valence-corrected chi connectivity index (χ0v) is 29.5. The van der Waals surface area contributed by atoms with Crippen LogP contribution < -0.4 is 0 Å². The highest BCUT2D eigenvalue weighted by Gasteiger charge is 2.25. The van der Waals surface area contributed by atoms with Gasteiger partial charge in [0.25, 0.3) is 0 Å². The molecule has 0 spiro atoms. The molecule has 0 N–H and O–H groups in total. The molecule has 256 valence electrons. The molecule has 0 fully saturated rings. The van der Waals surface area contributed by atoms with E-state index >= 15 is 0 Å². The number of para-hydroxylation sites is 3. The van der Waals surface area contributed by atoms with Crippen LogP contribution in [-0.4, -0.2) is 19.1 Å². The molecule has 0 amide bonds. The van der Waals surface area contributed by atoms with Gasteiger partial charge in [0.15, 0.2) is 0 Å². The van der Waals surface area contributed by atoms with Gasteiger partial charge in [-0.05, 0) is 53.6 Å². The predicted octanol–water partition coefficient (Wildman–Crippen LogP) is 13.1. The first-order chi connectivity index (χ1) is 27.3. The standard InChI is InChI=1S/C50H30N4O/c1-3-13-31(14-4-1)32-23-25-34(26-24-32)53-43-30-29-38-36-18-9-12-22-44(36)55-49(38)45(43)40-28-27-37-35-17-8-11-21-42(35)54(47(37)48(40)53)50-51-41-20-10-7-19-39(41)46(52-50)33-15-5-2-6-16-33/h1-30H. The van der Waals surface area contributed by atoms with Gasteiger partial charge in [0.1, 0.15) is 11.2 Å². The van der Waals surface area contributed by atoms with Gasteiger partial charge in [-0.1, -0.05) is 140 Å². The van der Waals surface area contributed by atoms with E-state index in [0.717, 1.165) is 93.4 Å². The normalized spacial score (nSPS) is 12.0. The van der Waals surface area contributed by atoms with E-state index in [9.17, 15) is 0 Å². The largest absolute Gasteiger partial charge is 0.455 e. The van der Waals surface area contributed by atoms with E-state index in [1.807, 2.05) is 18.2 Å². The first-order valence-corrected chi connectivity index (χ1v) is 18.6. The van der Waals surface area contributed by atoms with Crippen LogP contribution in [-0.2, 0) is 0 Å². The fourth-order valence-electron chi connectivity index (χ4n) is 8.70. The second-order valence-corrected chi connectivity index (χ2v) is 14.1. The topological polar surface area (TPSA) is 48.8 Å². The molecule has 5 heteroatoms. The lowest BCUT2D eigenvalue weighted by molar-refractivity contribution is 0.673. The smallest absolute Gasteiger partial charge is 0.235 e. The van der Waals surface area contributed by atoms with Crippen molar-refractivity contribution < 1.29 is 4.42 Å². The van der Waals surface area contributed by atoms with Crippen LogP contribution in [0.25, 0.3) is 110 Å². The summed E-state index contributed by atoms with van der Waals surface area (Å²) in [5.41, 5.74) is 12.3. The third-order valence-corrected chi connectivity index (χ3v) is 11.1. The average molecular weight is 703 g/mol. The van der Waals surface area contributed by atoms with E-state index in [-0.39, 0.29) is 0 Å². The highest BCUT2D eigenvalue weighted by Crippen LogP contribution is 2.45. The lowest BCUT2D eigenvalue weighted by Gasteiger charge is -2.14. The molecule has 5 nitrogen and oxygen atoms in total. The van der Waals surface area contributed by atoms with Gasteiger partial charge in [0.05, 0.1) is 38.7 Å². The van der Waals surface area contributed by atoms with Crippen molar-refractivity contribution in [3.05, 3.63) is 182 Å². The Morgan fingerprint density at radius 3 is 1.82 bits per heavy atom. The number of aromatic nitrogens is 4. The van der Waals surface area contributed by atoms with Crippen LogP contribution >= 0.6 is 0 Å². The van der Waals surface area contributed by atoms with E-state index < -0.39 is 0 Å². The number of fused-ring (bicyclic) bond motifs is 12. The summed E-state index contributed by atoms with van der Waals surface area (Å²) in [6.45, 7) is 0. The third kappa shape index (κ3) is 4.35. The Morgan fingerprint density at radius 1 is 0.382 bits per heavy atom. The number of nitrogens with zero attached hydrogens (tertiary/aromatic N) is 4. The highest BCUT2D eigenvalue weighted by atomic mass is 16.3. The number of benzene rings is 8. The second kappa shape index (κ2) is 11.5. The molecule has 0 atom stereocenters. The molecular weight excluding hydrogens is 673 g/mol. The van der Waals surface area contributed by atoms with E-state index in [0.29, 0.717) is 5.95 Å². The predicted molar refractivity (Wildman–Crippen MR) is 226 cm³/mol. The quantitative estimate of drug-likeness (QED) is 0.183. The number of furan rings is 1. The minimum atomic E-state index is 0.626. The van der Waals surface area contributed by atoms with E-state index in [4.69, 9.17) is 14.4 Å². The summed E-state index contributed by atoms with van der Waals surface area (Å²) in [6, 6.07) is 64.1. The Kier molecular flexibility index (Phi) is 6.27. The fourth-order valence-corrected chi connectivity index (χ4v) is 8.70. The molecule has 0 aliphatic rings. The van der Waals surface area contributed by atoms with Gasteiger partial charge < -0.3 is 8.98 Å². The van der Waals surface area contributed by atoms with Gasteiger partial charge in [-0.25, -0.2) is 9.97 Å². The molecule has 0 bridgehead atoms. The SMILES string of the molecule is c1ccc(-c2ccc(-n3c4ccc5c6ccccc6oc5c4c4ccc5c6ccccc6n(-c6nc(-c7ccccc7)c7ccccc7n6)c5c43)cc2)cc1. The Hall–Kier alpha value is -7.50. The van der Waals surface area contributed by atoms with Gasteiger partial charge in [-0.3, -0.25) is 4.57 Å². The van der Waals surface area contributed by atoms with Crippen molar-refractivity contribution in [2.24, 2.45) is 0 Å². The minimum Gasteiger partial charge on any atom is -0.455 e. The molecule has 12 rings (SSSR count). The Bertz CT molecular complexity index is 3470. The Labute approximate surface area is 315 Å². The van der Waals surface area contributed by atoms with Crippen molar-refractivity contribution in [1.29, 1.82) is 0 Å². The van der Waals surface area contributed by atoms with Crippen molar-refractivity contribution >= 4 is 76.5 Å². The summed E-state index contributed by atoms with van der Waals surface area (Å²) in [5.74, 6) is 0.626. The Balaban J connectivity index is 1.26. The van der Waals surface area contributed by atoms with Crippen molar-refractivity contribution in [2.75, 3.05) is 0 Å². The Morgan fingerprint density at radius 2 is 1.00 bits per heavy atom. The van der Waals surface area contributed by atoms with Crippen molar-refractivity contribution in [1.82, 2.24) is 19.1 Å². The van der Waals surface area contributed by atoms with Crippen LogP contribution in [0.15, 0.2) is 186 Å². The summed E-state index contributed by atoms with van der Waals surface area (Å²) >= 11 is 0. The summed E-state index contributed by atoms with van der Waals surface area (Å²) in [5, 5.41) is 7.69. The van der Waals surface area contributed by atoms with Crippen LogP contribution in [0.3, 0.4) is 0 Å². The van der Waals surface area contributed by atoms with Gasteiger partial charge in [-0.15, -0.1) is 0 Å². The average Bonchev–Trinajstić information content (AvgIpc) is 3.92. The molecule has 4 heterocycles. The first-order valence-electron chi connectivity index (χ1n) is 18.6. The summed E-state index contributed by atoms with van der Waals surface area (Å²) in [4.78, 5) is 10.7. The maximum Gasteiger partial charge on any atom is 0.235 e. The number of hydrogen-bond acceptors (Lipinski definition) is 3. The maximum absolute atomic E-state index is 6.75. The van der Waals surface area contributed by atoms with E-state index in [2.05, 4.69) is 173 Å². The maximum atomic E-state index is 6.75. The monoisotopic (exact) mass is 702 g/mol. The molecule has 0 unspecified atom stereocenters. The van der Waals surface area contributed by atoms with Crippen molar-refractivity contribution in [2.45, 2.75) is 0 Å². The minimum absolute atomic E-state index is 0.626. The van der Waals surface area contributed by atoms with Crippen LogP contribution in [0.4, 0.5) is 0 Å². The molecule has 0 saturated heterocycles. The molecule has 0 aliphatic carbocycles. The molecule has 0 saturated carbocycles. The zero-order valence-electron chi connectivity index (χ0n) is 29.5. The van der Waals surface area contributed by atoms with Crippen LogP contribution in [0, 0.1) is 0 Å².